The van der Waals surface area contributed by atoms with Crippen LogP contribution in [-0.2, 0) is 41.5 Å². The first-order chi connectivity index (χ1) is 19.0. The van der Waals surface area contributed by atoms with E-state index < -0.39 is 107 Å². The first-order valence-corrected chi connectivity index (χ1v) is 14.6. The predicted octanol–water partition coefficient (Wildman–Crippen LogP) is -4.33. The van der Waals surface area contributed by atoms with E-state index in [1.165, 1.54) is 0 Å². The lowest BCUT2D eigenvalue weighted by Crippen LogP contribution is -2.64. The van der Waals surface area contributed by atoms with Gasteiger partial charge in [-0.1, -0.05) is 0 Å². The quantitative estimate of drug-likeness (QED) is 0.0978. The number of H-pyrrole nitrogens is 1. The molecule has 21 nitrogen and oxygen atoms in total. The Morgan fingerprint density at radius 2 is 1.78 bits per heavy atom. The molecule has 3 rings (SSSR count). The van der Waals surface area contributed by atoms with Crippen molar-refractivity contribution in [2.75, 3.05) is 13.2 Å². The number of carboxylic acids is 1. The molecule has 10 N–H and O–H groups in total. The highest BCUT2D eigenvalue weighted by atomic mass is 31.3. The van der Waals surface area contributed by atoms with Crippen LogP contribution < -0.4 is 17.0 Å². The van der Waals surface area contributed by atoms with Gasteiger partial charge in [0.15, 0.2) is 18.6 Å². The third-order valence-electron chi connectivity index (χ3n) is 5.92. The van der Waals surface area contributed by atoms with E-state index in [4.69, 9.17) is 25.1 Å². The molecule has 2 fully saturated rings. The van der Waals surface area contributed by atoms with Crippen LogP contribution in [0.4, 0.5) is 0 Å². The third kappa shape index (κ3) is 8.14. The van der Waals surface area contributed by atoms with Gasteiger partial charge in [0.05, 0.1) is 19.3 Å². The van der Waals surface area contributed by atoms with Crippen molar-refractivity contribution in [3.05, 3.63) is 33.1 Å². The second-order valence-corrected chi connectivity index (χ2v) is 11.9. The van der Waals surface area contributed by atoms with Gasteiger partial charge in [-0.25, -0.2) is 18.7 Å². The molecular formula is C18H29N3O18P2. The number of nitrogens with zero attached hydrogens (tertiary/aromatic N) is 1. The molecule has 41 heavy (non-hydrogen) atoms. The molecule has 12 atom stereocenters. The first kappa shape index (κ1) is 33.6. The lowest BCUT2D eigenvalue weighted by Gasteiger charge is -2.42. The molecule has 1 aromatic heterocycles. The van der Waals surface area contributed by atoms with Crippen molar-refractivity contribution >= 4 is 21.6 Å². The molecule has 234 valence electrons. The maximum atomic E-state index is 12.5. The van der Waals surface area contributed by atoms with E-state index in [0.29, 0.717) is 0 Å². The molecule has 0 bridgehead atoms. The Hall–Kier alpha value is -1.91. The summed E-state index contributed by atoms with van der Waals surface area (Å²) in [5, 5.41) is 49.2. The number of carboxylic acid groups (broad SMARTS) is 1. The van der Waals surface area contributed by atoms with Crippen LogP contribution >= 0.6 is 15.6 Å². The van der Waals surface area contributed by atoms with Crippen LogP contribution in [0, 0.1) is 0 Å². The van der Waals surface area contributed by atoms with Crippen LogP contribution in [0.1, 0.15) is 13.2 Å². The van der Waals surface area contributed by atoms with E-state index in [-0.39, 0.29) is 0 Å². The monoisotopic (exact) mass is 637 g/mol. The molecule has 0 aromatic carbocycles. The fourth-order valence-corrected chi connectivity index (χ4v) is 6.02. The summed E-state index contributed by atoms with van der Waals surface area (Å²) in [7, 11) is -11.2. The highest BCUT2D eigenvalue weighted by molar-refractivity contribution is 7.61. The maximum Gasteiger partial charge on any atom is 0.483 e. The van der Waals surface area contributed by atoms with Gasteiger partial charge in [-0.05, 0) is 6.92 Å². The fourth-order valence-electron chi connectivity index (χ4n) is 3.85. The minimum absolute atomic E-state index is 0.721. The van der Waals surface area contributed by atoms with Crippen LogP contribution in [-0.4, -0.2) is 119 Å². The lowest BCUT2D eigenvalue weighted by molar-refractivity contribution is -0.257. The zero-order chi connectivity index (χ0) is 30.9. The van der Waals surface area contributed by atoms with E-state index in [9.17, 15) is 53.7 Å². The van der Waals surface area contributed by atoms with Gasteiger partial charge >= 0.3 is 27.3 Å². The number of aliphatic carboxylic acids is 1. The molecule has 2 aliphatic rings. The van der Waals surface area contributed by atoms with Gasteiger partial charge in [-0.15, -0.1) is 0 Å². The number of nitrogens with two attached hydrogens (primary N) is 1. The number of ether oxygens (including phenoxy) is 3. The van der Waals surface area contributed by atoms with E-state index in [1.807, 2.05) is 4.98 Å². The molecule has 0 spiro atoms. The number of aromatic nitrogens is 2. The van der Waals surface area contributed by atoms with E-state index in [1.54, 1.807) is 0 Å². The zero-order valence-corrected chi connectivity index (χ0v) is 22.7. The van der Waals surface area contributed by atoms with Crippen molar-refractivity contribution in [1.82, 2.24) is 9.55 Å². The Balaban J connectivity index is 1.64. The van der Waals surface area contributed by atoms with E-state index >= 15 is 0 Å². The van der Waals surface area contributed by atoms with Crippen molar-refractivity contribution in [3.8, 4) is 0 Å². The molecule has 3 heterocycles. The second-order valence-electron chi connectivity index (χ2n) is 8.86. The Kier molecular flexibility index (Phi) is 10.8. The molecule has 0 amide bonds. The van der Waals surface area contributed by atoms with Crippen molar-refractivity contribution in [1.29, 1.82) is 0 Å². The summed E-state index contributed by atoms with van der Waals surface area (Å²) in [6, 6.07) is -0.760. The number of hydrogen-bond acceptors (Lipinski definition) is 16. The Labute approximate surface area is 228 Å². The number of hydrogen-bond donors (Lipinski definition) is 9. The Morgan fingerprint density at radius 3 is 2.37 bits per heavy atom. The standard InChI is InChI=1S/C18H29N3O18P2/c1-6(16(27)28)35-14-10(19)17(37-7(4-22)12(14)25)38-41(32,33)39-40(30,31)34-5-8-11(24)13(26)15(36-8)21-3-2-9(23)20-18(21)29/h2-3,6-8,10-15,17,22,24-26H,4-5,19H2,1H3,(H,27,28)(H,30,31)(H,32,33)(H,20,23,29)/t6?,7-,8-,10-,11-,12-,13-,14-,15-,17+/m1/s1. The molecule has 1 aromatic rings. The van der Waals surface area contributed by atoms with Crippen LogP contribution in [0.2, 0.25) is 0 Å². The third-order valence-corrected chi connectivity index (χ3v) is 8.52. The minimum Gasteiger partial charge on any atom is -0.479 e. The maximum absolute atomic E-state index is 12.5. The minimum atomic E-state index is -5.63. The van der Waals surface area contributed by atoms with Crippen LogP contribution in [0.3, 0.4) is 0 Å². The summed E-state index contributed by atoms with van der Waals surface area (Å²) in [6.07, 6.45) is -14.3. The summed E-state index contributed by atoms with van der Waals surface area (Å²) in [5.41, 5.74) is 4.07. The highest BCUT2D eigenvalue weighted by Crippen LogP contribution is 2.61. The van der Waals surface area contributed by atoms with Gasteiger partial charge in [0.25, 0.3) is 5.56 Å². The SMILES string of the molecule is CC(O[C@@H]1[C@@H](N)[C@H](OP(=O)(O)OP(=O)(O)OC[C@H]2O[C@@H](n3ccc(=O)[nH]c3=O)[C@H](O)[C@@H]2O)O[C@H](CO)[C@H]1O)C(=O)O. The average molecular weight is 637 g/mol. The van der Waals surface area contributed by atoms with Gasteiger partial charge in [-0.3, -0.25) is 23.4 Å². The Morgan fingerprint density at radius 1 is 1.12 bits per heavy atom. The van der Waals surface area contributed by atoms with Crippen LogP contribution in [0.15, 0.2) is 21.9 Å². The number of aliphatic hydroxyl groups excluding tert-OH is 4. The molecule has 0 aliphatic carbocycles. The normalized spacial score (nSPS) is 35.9. The molecule has 0 saturated carbocycles. The number of aliphatic hydroxyl groups is 4. The molecule has 2 aliphatic heterocycles. The lowest BCUT2D eigenvalue weighted by atomic mass is 9.97. The summed E-state index contributed by atoms with van der Waals surface area (Å²) in [6.45, 7) is -0.859. The van der Waals surface area contributed by atoms with Gasteiger partial charge in [0.1, 0.15) is 36.6 Å². The number of nitrogens with one attached hydrogen (secondary N) is 1. The van der Waals surface area contributed by atoms with Crippen molar-refractivity contribution in [3.63, 3.8) is 0 Å². The predicted molar refractivity (Wildman–Crippen MR) is 127 cm³/mol. The van der Waals surface area contributed by atoms with Crippen molar-refractivity contribution < 1.29 is 76.8 Å². The number of aromatic amines is 1. The van der Waals surface area contributed by atoms with Crippen molar-refractivity contribution in [2.24, 2.45) is 5.73 Å². The van der Waals surface area contributed by atoms with Crippen LogP contribution in [0.25, 0.3) is 0 Å². The summed E-state index contributed by atoms with van der Waals surface area (Å²) >= 11 is 0. The number of rotatable bonds is 12. The molecule has 3 unspecified atom stereocenters. The van der Waals surface area contributed by atoms with Crippen LogP contribution in [0.5, 0.6) is 0 Å². The second kappa shape index (κ2) is 13.2. The van der Waals surface area contributed by atoms with Gasteiger partial charge in [0.2, 0.25) is 0 Å². The van der Waals surface area contributed by atoms with E-state index in [0.717, 1.165) is 23.8 Å². The largest absolute Gasteiger partial charge is 0.483 e. The fraction of sp³-hybridized carbons (Fsp3) is 0.722. The highest BCUT2D eigenvalue weighted by Gasteiger charge is 2.50. The van der Waals surface area contributed by atoms with E-state index in [2.05, 4.69) is 13.4 Å². The molecule has 2 saturated heterocycles. The smallest absolute Gasteiger partial charge is 0.479 e. The Bertz CT molecular complexity index is 1290. The summed E-state index contributed by atoms with van der Waals surface area (Å²) in [5.74, 6) is -1.45. The average Bonchev–Trinajstić information content (AvgIpc) is 3.14. The molecule has 23 heteroatoms. The topological polar surface area (TPSA) is 329 Å². The molecular weight excluding hydrogens is 608 g/mol. The first-order valence-electron chi connectivity index (χ1n) is 11.6. The van der Waals surface area contributed by atoms with Crippen molar-refractivity contribution in [2.45, 2.75) is 68.2 Å². The summed E-state index contributed by atoms with van der Waals surface area (Å²) < 4.78 is 54.5. The molecule has 0 radical (unpaired) electrons. The number of phosphoric ester groups is 2. The zero-order valence-electron chi connectivity index (χ0n) is 20.9. The van der Waals surface area contributed by atoms with Gasteiger partial charge in [0, 0.05) is 12.3 Å². The number of carbonyl (C=O) groups is 1. The number of phosphoric acid groups is 2. The van der Waals surface area contributed by atoms with Gasteiger partial charge < -0.3 is 55.3 Å². The van der Waals surface area contributed by atoms with Gasteiger partial charge in [-0.2, -0.15) is 4.31 Å². The summed E-state index contributed by atoms with van der Waals surface area (Å²) in [4.78, 5) is 56.2.